The number of amides is 1. The van der Waals surface area contributed by atoms with Crippen molar-refractivity contribution in [2.75, 3.05) is 5.32 Å². The van der Waals surface area contributed by atoms with Crippen LogP contribution in [0.5, 0.6) is 0 Å². The molecule has 9 nitrogen and oxygen atoms in total. The number of aromatic amines is 2. The average Bonchev–Trinajstić information content (AvgIpc) is 3.56. The molecule has 0 radical (unpaired) electrons. The highest BCUT2D eigenvalue weighted by Gasteiger charge is 2.15. The Kier molecular flexibility index (Phi) is 5.86. The summed E-state index contributed by atoms with van der Waals surface area (Å²) in [6, 6.07) is 11.8. The molecule has 37 heavy (non-hydrogen) atoms. The SMILES string of the molecule is CCCCC(=O)Nc1cncc(-c2cnc3n[nH]c(-c4cc5c(-c6ccccn6)cncc5[nH]4)c3c2)c1. The molecular weight excluding hydrogens is 464 g/mol. The number of aromatic nitrogens is 7. The molecule has 9 heteroatoms. The predicted octanol–water partition coefficient (Wildman–Crippen LogP) is 5.75. The van der Waals surface area contributed by atoms with Crippen LogP contribution in [0.3, 0.4) is 0 Å². The lowest BCUT2D eigenvalue weighted by Crippen LogP contribution is -2.11. The van der Waals surface area contributed by atoms with Crippen molar-refractivity contribution >= 4 is 33.5 Å². The van der Waals surface area contributed by atoms with Gasteiger partial charge in [-0.1, -0.05) is 19.4 Å². The second-order valence-electron chi connectivity index (χ2n) is 8.85. The largest absolute Gasteiger partial charge is 0.352 e. The number of hydrogen-bond donors (Lipinski definition) is 3. The van der Waals surface area contributed by atoms with Crippen molar-refractivity contribution < 1.29 is 4.79 Å². The van der Waals surface area contributed by atoms with Gasteiger partial charge in [0.05, 0.1) is 40.7 Å². The molecule has 1 amide bonds. The Labute approximate surface area is 212 Å². The Morgan fingerprint density at radius 2 is 1.84 bits per heavy atom. The number of nitrogens with zero attached hydrogens (tertiary/aromatic N) is 5. The zero-order chi connectivity index (χ0) is 25.2. The summed E-state index contributed by atoms with van der Waals surface area (Å²) in [6.45, 7) is 2.06. The fourth-order valence-corrected chi connectivity index (χ4v) is 4.40. The molecule has 0 saturated carbocycles. The van der Waals surface area contributed by atoms with Crippen molar-refractivity contribution in [3.8, 4) is 33.8 Å². The van der Waals surface area contributed by atoms with E-state index in [4.69, 9.17) is 0 Å². The van der Waals surface area contributed by atoms with Gasteiger partial charge in [-0.25, -0.2) is 4.98 Å². The van der Waals surface area contributed by atoms with Gasteiger partial charge in [0.2, 0.25) is 5.91 Å². The molecule has 0 unspecified atom stereocenters. The van der Waals surface area contributed by atoms with Gasteiger partial charge < -0.3 is 10.3 Å². The topological polar surface area (TPSA) is 125 Å². The first kappa shape index (κ1) is 22.5. The number of pyridine rings is 4. The Hall–Kier alpha value is -4.92. The van der Waals surface area contributed by atoms with Gasteiger partial charge in [-0.3, -0.25) is 24.8 Å². The third-order valence-electron chi connectivity index (χ3n) is 6.28. The molecule has 0 aromatic carbocycles. The van der Waals surface area contributed by atoms with Gasteiger partial charge in [-0.05, 0) is 36.8 Å². The number of hydrogen-bond acceptors (Lipinski definition) is 6. The Morgan fingerprint density at radius 1 is 0.946 bits per heavy atom. The Bertz CT molecular complexity index is 1720. The maximum Gasteiger partial charge on any atom is 0.224 e. The minimum absolute atomic E-state index is 0.00938. The molecule has 0 atom stereocenters. The smallest absolute Gasteiger partial charge is 0.224 e. The second kappa shape index (κ2) is 9.62. The highest BCUT2D eigenvalue weighted by Crippen LogP contribution is 2.34. The maximum atomic E-state index is 12.2. The van der Waals surface area contributed by atoms with E-state index in [1.54, 1.807) is 31.0 Å². The van der Waals surface area contributed by atoms with Gasteiger partial charge >= 0.3 is 0 Å². The highest BCUT2D eigenvalue weighted by atomic mass is 16.1. The molecule has 3 N–H and O–H groups in total. The minimum Gasteiger partial charge on any atom is -0.352 e. The van der Waals surface area contributed by atoms with E-state index in [1.165, 1.54) is 0 Å². The van der Waals surface area contributed by atoms with E-state index in [2.05, 4.69) is 53.4 Å². The standard InChI is InChI=1S/C28H24N8O/c1-2-3-7-26(37)33-19-9-17(12-29-14-19)18-10-21-27(35-36-28(21)32-13-18)24-11-20-22(15-30-16-25(20)34-24)23-6-4-5-8-31-23/h4-6,8-16,34H,2-3,7H2,1H3,(H,33,37)(H,32,35,36). The number of carbonyl (C=O) groups excluding carboxylic acids is 1. The van der Waals surface area contributed by atoms with Crippen LogP contribution in [0.4, 0.5) is 5.69 Å². The summed E-state index contributed by atoms with van der Waals surface area (Å²) in [4.78, 5) is 33.4. The van der Waals surface area contributed by atoms with Crippen LogP contribution in [0.15, 0.2) is 73.6 Å². The van der Waals surface area contributed by atoms with E-state index in [-0.39, 0.29) is 5.91 Å². The van der Waals surface area contributed by atoms with Gasteiger partial charge in [-0.15, -0.1) is 0 Å². The highest BCUT2D eigenvalue weighted by molar-refractivity contribution is 6.00. The van der Waals surface area contributed by atoms with E-state index in [0.717, 1.165) is 62.9 Å². The van der Waals surface area contributed by atoms with Gasteiger partial charge in [0.25, 0.3) is 0 Å². The number of rotatable bonds is 7. The van der Waals surface area contributed by atoms with Crippen LogP contribution in [0, 0.1) is 0 Å². The van der Waals surface area contributed by atoms with Crippen LogP contribution in [-0.4, -0.2) is 41.0 Å². The molecular formula is C28H24N8O. The normalized spacial score (nSPS) is 11.3. The molecule has 6 rings (SSSR count). The summed E-state index contributed by atoms with van der Waals surface area (Å²) in [5.41, 5.74) is 7.41. The molecule has 182 valence electrons. The van der Waals surface area contributed by atoms with E-state index in [1.807, 2.05) is 36.5 Å². The molecule has 0 aliphatic heterocycles. The summed E-state index contributed by atoms with van der Waals surface area (Å²) < 4.78 is 0. The van der Waals surface area contributed by atoms with Crippen molar-refractivity contribution in [2.24, 2.45) is 0 Å². The number of anilines is 1. The molecule has 0 fully saturated rings. The quantitative estimate of drug-likeness (QED) is 0.263. The van der Waals surface area contributed by atoms with Crippen molar-refractivity contribution in [1.82, 2.24) is 35.1 Å². The zero-order valence-corrected chi connectivity index (χ0v) is 20.2. The fourth-order valence-electron chi connectivity index (χ4n) is 4.40. The van der Waals surface area contributed by atoms with E-state index in [9.17, 15) is 4.79 Å². The van der Waals surface area contributed by atoms with Crippen LogP contribution in [-0.2, 0) is 4.79 Å². The fraction of sp³-hybridized carbons (Fsp3) is 0.143. The number of carbonyl (C=O) groups is 1. The van der Waals surface area contributed by atoms with E-state index >= 15 is 0 Å². The van der Waals surface area contributed by atoms with Gasteiger partial charge in [0.1, 0.15) is 0 Å². The zero-order valence-electron chi connectivity index (χ0n) is 20.2. The maximum absolute atomic E-state index is 12.2. The Balaban J connectivity index is 1.37. The molecule has 0 bridgehead atoms. The molecule has 6 aromatic rings. The van der Waals surface area contributed by atoms with E-state index < -0.39 is 0 Å². The van der Waals surface area contributed by atoms with Crippen molar-refractivity contribution in [1.29, 1.82) is 0 Å². The third kappa shape index (κ3) is 4.42. The van der Waals surface area contributed by atoms with Crippen molar-refractivity contribution in [3.05, 3.63) is 73.6 Å². The van der Waals surface area contributed by atoms with Crippen LogP contribution in [0.1, 0.15) is 26.2 Å². The van der Waals surface area contributed by atoms with Crippen LogP contribution in [0.2, 0.25) is 0 Å². The molecule has 0 aliphatic rings. The predicted molar refractivity (Wildman–Crippen MR) is 144 cm³/mol. The lowest BCUT2D eigenvalue weighted by Gasteiger charge is -2.07. The van der Waals surface area contributed by atoms with E-state index in [0.29, 0.717) is 17.8 Å². The van der Waals surface area contributed by atoms with Crippen molar-refractivity contribution in [2.45, 2.75) is 26.2 Å². The summed E-state index contributed by atoms with van der Waals surface area (Å²) >= 11 is 0. The summed E-state index contributed by atoms with van der Waals surface area (Å²) in [7, 11) is 0. The summed E-state index contributed by atoms with van der Waals surface area (Å²) in [5, 5.41) is 12.4. The van der Waals surface area contributed by atoms with Crippen LogP contribution >= 0.6 is 0 Å². The van der Waals surface area contributed by atoms with Gasteiger partial charge in [0.15, 0.2) is 5.65 Å². The van der Waals surface area contributed by atoms with Crippen LogP contribution < -0.4 is 5.32 Å². The average molecular weight is 489 g/mol. The first-order valence-electron chi connectivity index (χ1n) is 12.2. The first-order chi connectivity index (χ1) is 18.2. The van der Waals surface area contributed by atoms with Crippen molar-refractivity contribution in [3.63, 3.8) is 0 Å². The first-order valence-corrected chi connectivity index (χ1v) is 12.2. The summed E-state index contributed by atoms with van der Waals surface area (Å²) in [6.07, 6.45) is 12.9. The van der Waals surface area contributed by atoms with Gasteiger partial charge in [-0.2, -0.15) is 5.10 Å². The molecule has 0 aliphatic carbocycles. The molecule has 0 saturated heterocycles. The Morgan fingerprint density at radius 3 is 2.70 bits per heavy atom. The summed E-state index contributed by atoms with van der Waals surface area (Å²) in [5.74, 6) is -0.00938. The molecule has 6 heterocycles. The van der Waals surface area contributed by atoms with Gasteiger partial charge in [0, 0.05) is 58.7 Å². The number of unbranched alkanes of at least 4 members (excludes halogenated alkanes) is 1. The number of nitrogens with one attached hydrogen (secondary N) is 3. The second-order valence-corrected chi connectivity index (χ2v) is 8.85. The number of H-pyrrole nitrogens is 2. The van der Waals surface area contributed by atoms with Crippen LogP contribution in [0.25, 0.3) is 55.7 Å². The molecule has 0 spiro atoms. The minimum atomic E-state index is -0.00938. The lowest BCUT2D eigenvalue weighted by molar-refractivity contribution is -0.116. The number of fused-ring (bicyclic) bond motifs is 2. The monoisotopic (exact) mass is 488 g/mol. The lowest BCUT2D eigenvalue weighted by atomic mass is 10.1. The molecule has 6 aromatic heterocycles. The third-order valence-corrected chi connectivity index (χ3v) is 6.28.